The number of aromatic nitrogens is 4. The van der Waals surface area contributed by atoms with E-state index in [4.69, 9.17) is 9.72 Å². The fourth-order valence-corrected chi connectivity index (χ4v) is 5.02. The zero-order valence-electron chi connectivity index (χ0n) is 18.8. The van der Waals surface area contributed by atoms with Crippen molar-refractivity contribution in [1.82, 2.24) is 24.6 Å². The summed E-state index contributed by atoms with van der Waals surface area (Å²) in [5, 5.41) is 4.40. The van der Waals surface area contributed by atoms with Gasteiger partial charge in [0.15, 0.2) is 0 Å². The molecular weight excluding hydrogens is 426 g/mol. The summed E-state index contributed by atoms with van der Waals surface area (Å²) >= 11 is 1.73. The summed E-state index contributed by atoms with van der Waals surface area (Å²) in [5.74, 6) is -0.226. The summed E-state index contributed by atoms with van der Waals surface area (Å²) in [6.45, 7) is 9.10. The van der Waals surface area contributed by atoms with Gasteiger partial charge in [-0.1, -0.05) is 0 Å². The molecule has 4 heterocycles. The van der Waals surface area contributed by atoms with Gasteiger partial charge in [-0.2, -0.15) is 5.10 Å². The average molecular weight is 454 g/mol. The molecule has 1 fully saturated rings. The van der Waals surface area contributed by atoms with E-state index < -0.39 is 0 Å². The van der Waals surface area contributed by atoms with Gasteiger partial charge in [0.2, 0.25) is 0 Å². The minimum absolute atomic E-state index is 0.136. The third-order valence-electron chi connectivity index (χ3n) is 5.72. The molecule has 0 spiro atoms. The molecule has 0 radical (unpaired) electrons. The van der Waals surface area contributed by atoms with Gasteiger partial charge in [0.05, 0.1) is 35.7 Å². The van der Waals surface area contributed by atoms with Crippen molar-refractivity contribution >= 4 is 23.2 Å². The maximum absolute atomic E-state index is 13.2. The molecule has 0 bridgehead atoms. The zero-order valence-corrected chi connectivity index (χ0v) is 19.6. The third-order valence-corrected chi connectivity index (χ3v) is 6.68. The van der Waals surface area contributed by atoms with E-state index in [9.17, 15) is 9.59 Å². The molecular formula is C23H27N5O3S. The van der Waals surface area contributed by atoms with E-state index in [-0.39, 0.29) is 17.8 Å². The highest BCUT2D eigenvalue weighted by Crippen LogP contribution is 2.29. The number of aryl methyl sites for hydroxylation is 2. The first kappa shape index (κ1) is 22.1. The van der Waals surface area contributed by atoms with Gasteiger partial charge >= 0.3 is 5.97 Å². The van der Waals surface area contributed by atoms with Crippen LogP contribution in [-0.4, -0.2) is 56.2 Å². The van der Waals surface area contributed by atoms with Crippen LogP contribution in [0.3, 0.4) is 0 Å². The van der Waals surface area contributed by atoms with Crippen LogP contribution < -0.4 is 0 Å². The molecule has 0 N–H and O–H groups in total. The van der Waals surface area contributed by atoms with Crippen molar-refractivity contribution in [1.29, 1.82) is 0 Å². The highest BCUT2D eigenvalue weighted by molar-refractivity contribution is 7.12. The molecule has 32 heavy (non-hydrogen) atoms. The predicted octanol–water partition coefficient (Wildman–Crippen LogP) is 3.73. The molecule has 1 aliphatic rings. The first-order valence-electron chi connectivity index (χ1n) is 10.8. The fraction of sp³-hybridized carbons (Fsp3) is 0.435. The smallest absolute Gasteiger partial charge is 0.310 e. The Balaban J connectivity index is 1.57. The Hall–Kier alpha value is -3.07. The summed E-state index contributed by atoms with van der Waals surface area (Å²) in [6, 6.07) is 4.00. The normalized spacial score (nSPS) is 16.2. The Bertz CT molecular complexity index is 1150. The van der Waals surface area contributed by atoms with Gasteiger partial charge in [0.1, 0.15) is 0 Å². The molecule has 168 valence electrons. The van der Waals surface area contributed by atoms with Crippen molar-refractivity contribution in [3.05, 3.63) is 45.5 Å². The molecule has 0 saturated carbocycles. The predicted molar refractivity (Wildman–Crippen MR) is 122 cm³/mol. The Morgan fingerprint density at radius 2 is 2.09 bits per heavy atom. The van der Waals surface area contributed by atoms with Crippen LogP contribution in [0.15, 0.2) is 24.5 Å². The van der Waals surface area contributed by atoms with Crippen LogP contribution in [0.5, 0.6) is 0 Å². The van der Waals surface area contributed by atoms with Gasteiger partial charge in [0.25, 0.3) is 11.9 Å². The summed E-state index contributed by atoms with van der Waals surface area (Å²) in [5.41, 5.74) is 3.07. The van der Waals surface area contributed by atoms with E-state index in [1.807, 2.05) is 13.0 Å². The van der Waals surface area contributed by atoms with Crippen LogP contribution in [0, 0.1) is 26.7 Å². The number of nitrogens with zero attached hydrogens (tertiary/aromatic N) is 5. The summed E-state index contributed by atoms with van der Waals surface area (Å²) < 4.78 is 6.74. The summed E-state index contributed by atoms with van der Waals surface area (Å²) in [7, 11) is 0. The van der Waals surface area contributed by atoms with E-state index >= 15 is 0 Å². The maximum atomic E-state index is 13.2. The number of piperidine rings is 1. The minimum atomic E-state index is -0.277. The lowest BCUT2D eigenvalue weighted by molar-refractivity contribution is -0.149. The molecule has 1 saturated heterocycles. The van der Waals surface area contributed by atoms with Crippen LogP contribution >= 0.6 is 11.3 Å². The number of rotatable bonds is 5. The van der Waals surface area contributed by atoms with Crippen LogP contribution in [0.4, 0.5) is 0 Å². The molecule has 1 aliphatic heterocycles. The standard InChI is InChI=1S/C23H27N5O3S/c1-5-31-22(30)17-7-6-10-27(13-17)21(29)19-12-25-28(15(19)3)23-24-9-8-20(26-23)18-11-14(2)32-16(18)4/h8-9,11-12,17H,5-7,10,13H2,1-4H3. The van der Waals surface area contributed by atoms with Crippen molar-refractivity contribution in [3.8, 4) is 17.2 Å². The van der Waals surface area contributed by atoms with Gasteiger partial charge in [-0.05, 0) is 52.7 Å². The lowest BCUT2D eigenvalue weighted by Crippen LogP contribution is -2.43. The van der Waals surface area contributed by atoms with Crippen LogP contribution in [0.1, 0.15) is 45.6 Å². The number of hydrogen-bond donors (Lipinski definition) is 0. The molecule has 0 aromatic carbocycles. The number of ether oxygens (including phenoxy) is 1. The van der Waals surface area contributed by atoms with E-state index in [0.717, 1.165) is 24.1 Å². The van der Waals surface area contributed by atoms with Gasteiger partial charge in [-0.25, -0.2) is 14.6 Å². The monoisotopic (exact) mass is 453 g/mol. The number of carbonyl (C=O) groups is 2. The quantitative estimate of drug-likeness (QED) is 0.547. The number of hydrogen-bond acceptors (Lipinski definition) is 7. The number of esters is 1. The van der Waals surface area contributed by atoms with E-state index in [1.165, 1.54) is 9.75 Å². The highest BCUT2D eigenvalue weighted by Gasteiger charge is 2.31. The number of amides is 1. The second-order valence-corrected chi connectivity index (χ2v) is 9.43. The van der Waals surface area contributed by atoms with Crippen molar-refractivity contribution in [2.45, 2.75) is 40.5 Å². The first-order chi connectivity index (χ1) is 15.4. The first-order valence-corrected chi connectivity index (χ1v) is 11.6. The lowest BCUT2D eigenvalue weighted by Gasteiger charge is -2.31. The molecule has 3 aromatic heterocycles. The Morgan fingerprint density at radius 3 is 2.81 bits per heavy atom. The average Bonchev–Trinajstić information content (AvgIpc) is 3.34. The zero-order chi connectivity index (χ0) is 22.8. The Morgan fingerprint density at radius 1 is 1.28 bits per heavy atom. The maximum Gasteiger partial charge on any atom is 0.310 e. The molecule has 1 atom stereocenters. The number of thiophene rings is 1. The number of likely N-dealkylation sites (tertiary alicyclic amines) is 1. The van der Waals surface area contributed by atoms with Crippen LogP contribution in [0.2, 0.25) is 0 Å². The van der Waals surface area contributed by atoms with E-state index in [0.29, 0.717) is 36.9 Å². The molecule has 9 heteroatoms. The fourth-order valence-electron chi connectivity index (χ4n) is 4.09. The van der Waals surface area contributed by atoms with Crippen molar-refractivity contribution in [2.24, 2.45) is 5.92 Å². The molecule has 8 nitrogen and oxygen atoms in total. The summed E-state index contributed by atoms with van der Waals surface area (Å²) in [6.07, 6.45) is 4.78. The number of carbonyl (C=O) groups excluding carboxylic acids is 2. The second-order valence-electron chi connectivity index (χ2n) is 7.97. The SMILES string of the molecule is CCOC(=O)C1CCCN(C(=O)c2cnn(-c3nccc(-c4cc(C)sc4C)n3)c2C)C1. The Kier molecular flexibility index (Phi) is 6.36. The molecule has 3 aromatic rings. The molecule has 4 rings (SSSR count). The van der Waals surface area contributed by atoms with Crippen molar-refractivity contribution < 1.29 is 14.3 Å². The van der Waals surface area contributed by atoms with E-state index in [2.05, 4.69) is 30.0 Å². The van der Waals surface area contributed by atoms with Crippen molar-refractivity contribution in [2.75, 3.05) is 19.7 Å². The highest BCUT2D eigenvalue weighted by atomic mass is 32.1. The van der Waals surface area contributed by atoms with Gasteiger partial charge in [0, 0.05) is 34.6 Å². The van der Waals surface area contributed by atoms with Crippen LogP contribution in [-0.2, 0) is 9.53 Å². The molecule has 0 aliphatic carbocycles. The van der Waals surface area contributed by atoms with Crippen molar-refractivity contribution in [3.63, 3.8) is 0 Å². The largest absolute Gasteiger partial charge is 0.466 e. The van der Waals surface area contributed by atoms with Crippen LogP contribution in [0.25, 0.3) is 17.2 Å². The summed E-state index contributed by atoms with van der Waals surface area (Å²) in [4.78, 5) is 38.6. The lowest BCUT2D eigenvalue weighted by atomic mass is 9.97. The topological polar surface area (TPSA) is 90.2 Å². The molecule has 1 amide bonds. The van der Waals surface area contributed by atoms with Gasteiger partial charge < -0.3 is 9.64 Å². The minimum Gasteiger partial charge on any atom is -0.466 e. The van der Waals surface area contributed by atoms with E-state index in [1.54, 1.807) is 40.2 Å². The third kappa shape index (κ3) is 4.29. The molecule has 1 unspecified atom stereocenters. The van der Waals surface area contributed by atoms with Gasteiger partial charge in [-0.15, -0.1) is 11.3 Å². The Labute approximate surface area is 191 Å². The second kappa shape index (κ2) is 9.20. The van der Waals surface area contributed by atoms with Gasteiger partial charge in [-0.3, -0.25) is 9.59 Å².